The fourth-order valence-electron chi connectivity index (χ4n) is 2.47. The van der Waals surface area contributed by atoms with Gasteiger partial charge in [0.05, 0.1) is 4.90 Å². The third kappa shape index (κ3) is 4.48. The molecule has 0 spiro atoms. The van der Waals surface area contributed by atoms with Crippen LogP contribution in [0.25, 0.3) is 0 Å². The first-order valence-electron chi connectivity index (χ1n) is 7.56. The number of thioether (sulfide) groups is 1. The zero-order valence-electron chi connectivity index (χ0n) is 12.8. The Morgan fingerprint density at radius 1 is 1.33 bits per heavy atom. The normalized spacial score (nSPS) is 17.2. The van der Waals surface area contributed by atoms with Gasteiger partial charge in [0, 0.05) is 31.0 Å². The van der Waals surface area contributed by atoms with Gasteiger partial charge in [0.2, 0.25) is 10.0 Å². The maximum absolute atomic E-state index is 12.5. The molecule has 1 fully saturated rings. The second kappa shape index (κ2) is 7.67. The van der Waals surface area contributed by atoms with Crippen LogP contribution in [0.4, 0.5) is 0 Å². The van der Waals surface area contributed by atoms with Crippen LogP contribution >= 0.6 is 11.8 Å². The quantitative estimate of drug-likeness (QED) is 0.800. The van der Waals surface area contributed by atoms with Crippen molar-refractivity contribution in [3.63, 3.8) is 0 Å². The van der Waals surface area contributed by atoms with Crippen LogP contribution in [0.5, 0.6) is 0 Å². The summed E-state index contributed by atoms with van der Waals surface area (Å²) >= 11 is 1.89. The van der Waals surface area contributed by atoms with Crippen molar-refractivity contribution in [3.05, 3.63) is 18.0 Å². The average Bonchev–Trinajstić information content (AvgIpc) is 2.90. The Labute approximate surface area is 131 Å². The minimum absolute atomic E-state index is 0.0819. The lowest BCUT2D eigenvalue weighted by molar-refractivity contribution is 0.528. The lowest BCUT2D eigenvalue weighted by atomic mass is 10.2. The zero-order valence-corrected chi connectivity index (χ0v) is 14.4. The maximum Gasteiger partial charge on any atom is 0.242 e. The highest BCUT2D eigenvalue weighted by Crippen LogP contribution is 2.20. The molecule has 5 nitrogen and oxygen atoms in total. The highest BCUT2D eigenvalue weighted by atomic mass is 32.2. The maximum atomic E-state index is 12.5. The summed E-state index contributed by atoms with van der Waals surface area (Å²) in [5.74, 6) is 2.07. The number of hydrogen-bond donors (Lipinski definition) is 2. The van der Waals surface area contributed by atoms with Crippen molar-refractivity contribution in [3.8, 4) is 0 Å². The molecular formula is C14H25N3O2S2. The zero-order chi connectivity index (χ0) is 15.3. The second-order valence-corrected chi connectivity index (χ2v) is 8.18. The minimum Gasteiger partial charge on any atom is -0.349 e. The molecule has 2 heterocycles. The van der Waals surface area contributed by atoms with E-state index >= 15 is 0 Å². The predicted octanol–water partition coefficient (Wildman–Crippen LogP) is 1.79. The molecule has 1 saturated heterocycles. The van der Waals surface area contributed by atoms with Crippen LogP contribution in [0, 0.1) is 0 Å². The summed E-state index contributed by atoms with van der Waals surface area (Å²) in [4.78, 5) is 0.385. The molecule has 0 unspecified atom stereocenters. The lowest BCUT2D eigenvalue weighted by Gasteiger charge is -2.21. The van der Waals surface area contributed by atoms with Gasteiger partial charge >= 0.3 is 0 Å². The third-order valence-corrected chi connectivity index (χ3v) is 6.25. The van der Waals surface area contributed by atoms with Crippen molar-refractivity contribution in [1.29, 1.82) is 0 Å². The van der Waals surface area contributed by atoms with Crippen molar-refractivity contribution < 1.29 is 8.42 Å². The van der Waals surface area contributed by atoms with Gasteiger partial charge in [0.1, 0.15) is 0 Å². The van der Waals surface area contributed by atoms with Gasteiger partial charge in [0.25, 0.3) is 0 Å². The number of hydrogen-bond acceptors (Lipinski definition) is 4. The molecule has 0 saturated carbocycles. The standard InChI is InChI=1S/C14H25N3O2S2/c1-3-15-10-13-9-14(11-17(13)4-2)21(18,19)16-12-5-7-20-8-6-12/h9,11-12,15-16H,3-8,10H2,1-2H3. The summed E-state index contributed by atoms with van der Waals surface area (Å²) in [6.07, 6.45) is 3.58. The SMILES string of the molecule is CCNCc1cc(S(=O)(=O)NC2CCSCC2)cn1CC. The molecular weight excluding hydrogens is 306 g/mol. The van der Waals surface area contributed by atoms with Crippen molar-refractivity contribution >= 4 is 21.8 Å². The van der Waals surface area contributed by atoms with Gasteiger partial charge in [-0.1, -0.05) is 6.92 Å². The molecule has 0 aliphatic carbocycles. The second-order valence-electron chi connectivity index (χ2n) is 5.24. The summed E-state index contributed by atoms with van der Waals surface area (Å²) in [5, 5.41) is 3.25. The molecule has 1 aromatic rings. The largest absolute Gasteiger partial charge is 0.349 e. The molecule has 0 amide bonds. The van der Waals surface area contributed by atoms with E-state index in [1.165, 1.54) is 0 Å². The summed E-state index contributed by atoms with van der Waals surface area (Å²) in [6, 6.07) is 1.87. The summed E-state index contributed by atoms with van der Waals surface area (Å²) in [5.41, 5.74) is 1.01. The van der Waals surface area contributed by atoms with Crippen LogP contribution in [0.15, 0.2) is 17.2 Å². The van der Waals surface area contributed by atoms with Gasteiger partial charge in [0.15, 0.2) is 0 Å². The van der Waals surface area contributed by atoms with Gasteiger partial charge < -0.3 is 9.88 Å². The smallest absolute Gasteiger partial charge is 0.242 e. The minimum atomic E-state index is -3.40. The van der Waals surface area contributed by atoms with Gasteiger partial charge in [-0.2, -0.15) is 11.8 Å². The van der Waals surface area contributed by atoms with E-state index in [2.05, 4.69) is 10.0 Å². The van der Waals surface area contributed by atoms with E-state index in [4.69, 9.17) is 0 Å². The van der Waals surface area contributed by atoms with Crippen molar-refractivity contribution in [2.75, 3.05) is 18.1 Å². The van der Waals surface area contributed by atoms with Crippen LogP contribution < -0.4 is 10.0 Å². The Morgan fingerprint density at radius 3 is 2.67 bits per heavy atom. The van der Waals surface area contributed by atoms with Crippen molar-refractivity contribution in [1.82, 2.24) is 14.6 Å². The Balaban J connectivity index is 2.13. The molecule has 0 aromatic carbocycles. The number of aryl methyl sites for hydroxylation is 1. The van der Waals surface area contributed by atoms with Gasteiger partial charge in [-0.25, -0.2) is 13.1 Å². The summed E-state index contributed by atoms with van der Waals surface area (Å²) in [7, 11) is -3.40. The molecule has 2 rings (SSSR count). The topological polar surface area (TPSA) is 63.1 Å². The van der Waals surface area contributed by atoms with E-state index in [9.17, 15) is 8.42 Å². The number of nitrogens with zero attached hydrogens (tertiary/aromatic N) is 1. The number of aromatic nitrogens is 1. The molecule has 7 heteroatoms. The van der Waals surface area contributed by atoms with E-state index < -0.39 is 10.0 Å². The first-order chi connectivity index (χ1) is 10.1. The van der Waals surface area contributed by atoms with E-state index in [1.807, 2.05) is 30.2 Å². The average molecular weight is 332 g/mol. The van der Waals surface area contributed by atoms with E-state index in [0.29, 0.717) is 11.4 Å². The highest BCUT2D eigenvalue weighted by molar-refractivity contribution is 7.99. The van der Waals surface area contributed by atoms with E-state index in [-0.39, 0.29) is 6.04 Å². The summed E-state index contributed by atoms with van der Waals surface area (Å²) < 4.78 is 29.9. The fraction of sp³-hybridized carbons (Fsp3) is 0.714. The molecule has 1 aliphatic heterocycles. The van der Waals surface area contributed by atoms with Crippen LogP contribution in [0.3, 0.4) is 0 Å². The molecule has 2 N–H and O–H groups in total. The summed E-state index contributed by atoms with van der Waals surface area (Å²) in [6.45, 7) is 6.41. The predicted molar refractivity (Wildman–Crippen MR) is 88.2 cm³/mol. The molecule has 1 aliphatic rings. The molecule has 0 bridgehead atoms. The number of sulfonamides is 1. The van der Waals surface area contributed by atoms with Gasteiger partial charge in [-0.15, -0.1) is 0 Å². The molecule has 0 radical (unpaired) electrons. The fourth-order valence-corrected chi connectivity index (χ4v) is 4.95. The Morgan fingerprint density at radius 2 is 2.05 bits per heavy atom. The van der Waals surface area contributed by atoms with E-state index in [0.717, 1.165) is 43.1 Å². The Hall–Kier alpha value is -0.500. The third-order valence-electron chi connectivity index (χ3n) is 3.71. The molecule has 1 aromatic heterocycles. The monoisotopic (exact) mass is 331 g/mol. The van der Waals surface area contributed by atoms with Crippen LogP contribution in [0.1, 0.15) is 32.4 Å². The van der Waals surface area contributed by atoms with Crippen molar-refractivity contribution in [2.24, 2.45) is 0 Å². The Kier molecular flexibility index (Phi) is 6.16. The van der Waals surface area contributed by atoms with Crippen LogP contribution in [0.2, 0.25) is 0 Å². The molecule has 0 atom stereocenters. The van der Waals surface area contributed by atoms with Crippen LogP contribution in [-0.4, -0.2) is 37.1 Å². The molecule has 120 valence electrons. The first kappa shape index (κ1) is 16.9. The number of nitrogens with one attached hydrogen (secondary N) is 2. The van der Waals surface area contributed by atoms with Crippen LogP contribution in [-0.2, 0) is 23.1 Å². The van der Waals surface area contributed by atoms with Crippen molar-refractivity contribution in [2.45, 2.75) is 50.7 Å². The highest BCUT2D eigenvalue weighted by Gasteiger charge is 2.23. The number of rotatable bonds is 7. The van der Waals surface area contributed by atoms with Gasteiger partial charge in [-0.3, -0.25) is 0 Å². The molecule has 21 heavy (non-hydrogen) atoms. The lowest BCUT2D eigenvalue weighted by Crippen LogP contribution is -2.37. The van der Waals surface area contributed by atoms with E-state index in [1.54, 1.807) is 12.3 Å². The Bertz CT molecular complexity index is 549. The first-order valence-corrected chi connectivity index (χ1v) is 10.2. The van der Waals surface area contributed by atoms with Gasteiger partial charge in [-0.05, 0) is 43.9 Å².